The number of aliphatic hydroxyl groups excluding tert-OH is 1. The average molecular weight is 72.1 g/mol. The van der Waals surface area contributed by atoms with Gasteiger partial charge in [0.15, 0.2) is 5.76 Å². The minimum absolute atomic E-state index is 0.477. The van der Waals surface area contributed by atoms with Crippen molar-refractivity contribution >= 4 is 0 Å². The highest BCUT2D eigenvalue weighted by atomic mass is 16.7. The van der Waals surface area contributed by atoms with Crippen LogP contribution in [0.5, 0.6) is 0 Å². The van der Waals surface area contributed by atoms with Gasteiger partial charge in [0.1, 0.15) is 0 Å². The molecule has 0 amide bonds. The Morgan fingerprint density at radius 2 is 2.20 bits per heavy atom. The Balaban J connectivity index is 2.47. The lowest BCUT2D eigenvalue weighted by Gasteiger charge is -1.53. The molecule has 1 saturated heterocycles. The lowest BCUT2D eigenvalue weighted by atomic mass is 10.7. The van der Waals surface area contributed by atoms with Gasteiger partial charge in [0.05, 0.1) is 0 Å². The minimum Gasteiger partial charge on any atom is -0.456 e. The minimum atomic E-state index is -0.644. The zero-order valence-electron chi connectivity index (χ0n) is 2.64. The highest BCUT2D eigenvalue weighted by Gasteiger charge is 2.25. The van der Waals surface area contributed by atoms with Gasteiger partial charge in [-0.25, -0.2) is 0 Å². The first-order valence-corrected chi connectivity index (χ1v) is 1.34. The molecule has 1 atom stereocenters. The molecule has 1 N–H and O–H groups in total. The van der Waals surface area contributed by atoms with E-state index in [4.69, 9.17) is 5.11 Å². The second kappa shape index (κ2) is 0.518. The van der Waals surface area contributed by atoms with Crippen molar-refractivity contribution in [3.63, 3.8) is 0 Å². The van der Waals surface area contributed by atoms with Crippen LogP contribution in [-0.4, -0.2) is 11.4 Å². The molecule has 5 heavy (non-hydrogen) atoms. The van der Waals surface area contributed by atoms with Crippen molar-refractivity contribution in [1.82, 2.24) is 0 Å². The summed E-state index contributed by atoms with van der Waals surface area (Å²) in [5.74, 6) is 0.477. The van der Waals surface area contributed by atoms with Gasteiger partial charge in [-0.1, -0.05) is 6.58 Å². The summed E-state index contributed by atoms with van der Waals surface area (Å²) >= 11 is 0. The first kappa shape index (κ1) is 2.72. The number of hydrogen-bond donors (Lipinski definition) is 1. The van der Waals surface area contributed by atoms with Crippen molar-refractivity contribution in [1.29, 1.82) is 0 Å². The van der Waals surface area contributed by atoms with Gasteiger partial charge in [0.25, 0.3) is 6.29 Å². The van der Waals surface area contributed by atoms with Gasteiger partial charge in [0.2, 0.25) is 0 Å². The van der Waals surface area contributed by atoms with Gasteiger partial charge in [-0.2, -0.15) is 0 Å². The zero-order chi connectivity index (χ0) is 3.86. The van der Waals surface area contributed by atoms with E-state index in [1.54, 1.807) is 0 Å². The number of ether oxygens (including phenoxy) is 1. The molecule has 0 aromatic rings. The van der Waals surface area contributed by atoms with Crippen molar-refractivity contribution in [2.45, 2.75) is 6.29 Å². The van der Waals surface area contributed by atoms with Crippen molar-refractivity contribution in [3.8, 4) is 0 Å². The standard InChI is InChI=1S/C3H4O2/c1-2-3(4)5-2/h3-4H,1H2. The van der Waals surface area contributed by atoms with E-state index >= 15 is 0 Å². The maximum atomic E-state index is 8.11. The van der Waals surface area contributed by atoms with Crippen LogP contribution in [0.15, 0.2) is 12.3 Å². The first-order valence-electron chi connectivity index (χ1n) is 1.34. The molecule has 28 valence electrons. The summed E-state index contributed by atoms with van der Waals surface area (Å²) in [6.45, 7) is 3.28. The number of rotatable bonds is 0. The fourth-order valence-corrected chi connectivity index (χ4v) is 0.109. The summed E-state index contributed by atoms with van der Waals surface area (Å²) in [7, 11) is 0. The average Bonchev–Trinajstić information content (AvgIpc) is 1.79. The molecule has 0 saturated carbocycles. The van der Waals surface area contributed by atoms with Gasteiger partial charge in [0, 0.05) is 0 Å². The summed E-state index contributed by atoms with van der Waals surface area (Å²) in [6, 6.07) is 0. The molecule has 0 spiro atoms. The Hall–Kier alpha value is -0.500. The maximum Gasteiger partial charge on any atom is 0.255 e. The Kier molecular flexibility index (Phi) is 0.282. The lowest BCUT2D eigenvalue weighted by molar-refractivity contribution is 0.156. The van der Waals surface area contributed by atoms with Crippen LogP contribution in [0.3, 0.4) is 0 Å². The van der Waals surface area contributed by atoms with Gasteiger partial charge >= 0.3 is 0 Å². The normalized spacial score (nSPS) is 33.0. The van der Waals surface area contributed by atoms with Gasteiger partial charge in [-0.3, -0.25) is 0 Å². The highest BCUT2D eigenvalue weighted by Crippen LogP contribution is 2.19. The van der Waals surface area contributed by atoms with E-state index in [0.717, 1.165) is 0 Å². The molecular formula is C3H4O2. The molecule has 1 heterocycles. The molecule has 0 radical (unpaired) electrons. The number of epoxide rings is 1. The van der Waals surface area contributed by atoms with Crippen LogP contribution < -0.4 is 0 Å². The topological polar surface area (TPSA) is 32.8 Å². The molecule has 1 aliphatic heterocycles. The van der Waals surface area contributed by atoms with Crippen molar-refractivity contribution < 1.29 is 9.84 Å². The second-order valence-corrected chi connectivity index (χ2v) is 0.937. The van der Waals surface area contributed by atoms with Crippen molar-refractivity contribution in [3.05, 3.63) is 12.3 Å². The molecule has 0 aromatic heterocycles. The summed E-state index contributed by atoms with van der Waals surface area (Å²) in [5, 5.41) is 8.11. The second-order valence-electron chi connectivity index (χ2n) is 0.937. The fraction of sp³-hybridized carbons (Fsp3) is 0.333. The van der Waals surface area contributed by atoms with E-state index in [1.165, 1.54) is 0 Å². The third-order valence-electron chi connectivity index (χ3n) is 0.481. The van der Waals surface area contributed by atoms with Gasteiger partial charge < -0.3 is 9.84 Å². The molecular weight excluding hydrogens is 68.0 g/mol. The van der Waals surface area contributed by atoms with Crippen molar-refractivity contribution in [2.75, 3.05) is 0 Å². The zero-order valence-corrected chi connectivity index (χ0v) is 2.64. The monoisotopic (exact) mass is 72.0 g/mol. The maximum absolute atomic E-state index is 8.11. The molecule has 2 heteroatoms. The van der Waals surface area contributed by atoms with Crippen LogP contribution in [-0.2, 0) is 4.74 Å². The van der Waals surface area contributed by atoms with Gasteiger partial charge in [-0.05, 0) is 0 Å². The predicted molar refractivity (Wildman–Crippen MR) is 16.2 cm³/mol. The third kappa shape index (κ3) is 0.260. The Labute approximate surface area is 29.7 Å². The SMILES string of the molecule is C=C1OC1O. The van der Waals surface area contributed by atoms with E-state index in [1.807, 2.05) is 0 Å². The van der Waals surface area contributed by atoms with Crippen LogP contribution in [0.1, 0.15) is 0 Å². The largest absolute Gasteiger partial charge is 0.456 e. The van der Waals surface area contributed by atoms with E-state index < -0.39 is 6.29 Å². The molecule has 1 unspecified atom stereocenters. The van der Waals surface area contributed by atoms with Crippen LogP contribution in [0.4, 0.5) is 0 Å². The fourth-order valence-electron chi connectivity index (χ4n) is 0.109. The molecule has 0 aromatic carbocycles. The van der Waals surface area contributed by atoms with Crippen molar-refractivity contribution in [2.24, 2.45) is 0 Å². The molecule has 1 fully saturated rings. The number of aliphatic hydroxyl groups is 1. The smallest absolute Gasteiger partial charge is 0.255 e. The molecule has 1 aliphatic rings. The lowest BCUT2D eigenvalue weighted by Crippen LogP contribution is -1.69. The van der Waals surface area contributed by atoms with E-state index in [-0.39, 0.29) is 0 Å². The molecule has 0 bridgehead atoms. The Morgan fingerprint density at radius 3 is 2.20 bits per heavy atom. The quantitative estimate of drug-likeness (QED) is 0.403. The van der Waals surface area contributed by atoms with Crippen LogP contribution >= 0.6 is 0 Å². The molecule has 2 nitrogen and oxygen atoms in total. The number of hydrogen-bond acceptors (Lipinski definition) is 2. The van der Waals surface area contributed by atoms with Gasteiger partial charge in [-0.15, -0.1) is 0 Å². The van der Waals surface area contributed by atoms with E-state index in [2.05, 4.69) is 11.3 Å². The third-order valence-corrected chi connectivity index (χ3v) is 0.481. The summed E-state index contributed by atoms with van der Waals surface area (Å²) in [6.07, 6.45) is -0.644. The predicted octanol–water partition coefficient (Wildman–Crippen LogP) is -0.151. The van der Waals surface area contributed by atoms with E-state index in [0.29, 0.717) is 5.76 Å². The Morgan fingerprint density at radius 1 is 2.00 bits per heavy atom. The summed E-state index contributed by atoms with van der Waals surface area (Å²) in [4.78, 5) is 0. The summed E-state index contributed by atoms with van der Waals surface area (Å²) < 4.78 is 4.28. The summed E-state index contributed by atoms with van der Waals surface area (Å²) in [5.41, 5.74) is 0. The highest BCUT2D eigenvalue weighted by molar-refractivity contribution is 5.00. The molecule has 0 aliphatic carbocycles. The molecule has 1 rings (SSSR count). The van der Waals surface area contributed by atoms with Crippen LogP contribution in [0, 0.1) is 0 Å². The Bertz CT molecular complexity index is 67.3. The van der Waals surface area contributed by atoms with Crippen LogP contribution in [0.2, 0.25) is 0 Å². The first-order chi connectivity index (χ1) is 2.30. The van der Waals surface area contributed by atoms with Crippen LogP contribution in [0.25, 0.3) is 0 Å². The van der Waals surface area contributed by atoms with E-state index in [9.17, 15) is 0 Å².